The van der Waals surface area contributed by atoms with Crippen LogP contribution in [0.25, 0.3) is 5.52 Å². The Bertz CT molecular complexity index is 587. The lowest BCUT2D eigenvalue weighted by Crippen LogP contribution is -2.37. The quantitative estimate of drug-likeness (QED) is 0.852. The summed E-state index contributed by atoms with van der Waals surface area (Å²) in [7, 11) is 0. The van der Waals surface area contributed by atoms with Gasteiger partial charge in [0.15, 0.2) is 5.69 Å². The van der Waals surface area contributed by atoms with E-state index in [0.29, 0.717) is 24.7 Å². The van der Waals surface area contributed by atoms with Crippen molar-refractivity contribution in [2.75, 3.05) is 31.2 Å². The minimum absolute atomic E-state index is 0.0945. The molecule has 2 aromatic rings. The Morgan fingerprint density at radius 1 is 1.33 bits per heavy atom. The van der Waals surface area contributed by atoms with Gasteiger partial charge in [-0.15, -0.1) is 0 Å². The Morgan fingerprint density at radius 3 is 2.83 bits per heavy atom. The first kappa shape index (κ1) is 11.0. The number of morpholine rings is 1. The molecule has 1 saturated heterocycles. The molecule has 1 fully saturated rings. The molecule has 94 valence electrons. The summed E-state index contributed by atoms with van der Waals surface area (Å²) in [5.74, 6) is -0.329. The second-order valence-corrected chi connectivity index (χ2v) is 4.12. The number of carboxylic acid groups (broad SMARTS) is 1. The first-order chi connectivity index (χ1) is 8.77. The molecule has 0 saturated carbocycles. The van der Waals surface area contributed by atoms with Gasteiger partial charge in [0.25, 0.3) is 0 Å². The molecular weight excluding hydrogens is 234 g/mol. The Labute approximate surface area is 103 Å². The fourth-order valence-electron chi connectivity index (χ4n) is 2.17. The van der Waals surface area contributed by atoms with E-state index in [4.69, 9.17) is 4.74 Å². The van der Waals surface area contributed by atoms with E-state index < -0.39 is 5.97 Å². The van der Waals surface area contributed by atoms with Gasteiger partial charge in [-0.3, -0.25) is 4.40 Å². The van der Waals surface area contributed by atoms with Crippen molar-refractivity contribution in [2.24, 2.45) is 0 Å². The number of carboxylic acids is 1. The molecule has 6 heteroatoms. The fourth-order valence-corrected chi connectivity index (χ4v) is 2.17. The van der Waals surface area contributed by atoms with Crippen molar-refractivity contribution in [1.82, 2.24) is 9.38 Å². The third-order valence-corrected chi connectivity index (χ3v) is 3.03. The normalized spacial score (nSPS) is 16.1. The van der Waals surface area contributed by atoms with Gasteiger partial charge in [-0.05, 0) is 12.1 Å². The standard InChI is InChI=1S/C12H13N3O3/c16-11(17)10-9-3-1-2-4-15(9)12(13-10)14-5-7-18-8-6-14/h1-4H,5-8H2,(H,16,17). The Balaban J connectivity index is 2.13. The molecule has 1 aliphatic heterocycles. The van der Waals surface area contributed by atoms with Gasteiger partial charge >= 0.3 is 5.97 Å². The smallest absolute Gasteiger partial charge is 0.356 e. The first-order valence-electron chi connectivity index (χ1n) is 5.80. The van der Waals surface area contributed by atoms with Crippen molar-refractivity contribution < 1.29 is 14.6 Å². The summed E-state index contributed by atoms with van der Waals surface area (Å²) in [6, 6.07) is 5.44. The number of aromatic nitrogens is 2. The number of rotatable bonds is 2. The van der Waals surface area contributed by atoms with E-state index >= 15 is 0 Å². The van der Waals surface area contributed by atoms with E-state index in [9.17, 15) is 9.90 Å². The van der Waals surface area contributed by atoms with Crippen LogP contribution >= 0.6 is 0 Å². The topological polar surface area (TPSA) is 67.1 Å². The van der Waals surface area contributed by atoms with Crippen LogP contribution < -0.4 is 4.90 Å². The molecule has 3 rings (SSSR count). The lowest BCUT2D eigenvalue weighted by atomic mass is 10.3. The maximum Gasteiger partial charge on any atom is 0.356 e. The Kier molecular flexibility index (Phi) is 2.64. The number of aromatic carboxylic acids is 1. The zero-order chi connectivity index (χ0) is 12.5. The monoisotopic (exact) mass is 247 g/mol. The minimum Gasteiger partial charge on any atom is -0.476 e. The molecule has 1 aliphatic rings. The summed E-state index contributed by atoms with van der Waals surface area (Å²) in [5.41, 5.74) is 0.712. The molecule has 0 aliphatic carbocycles. The number of carbonyl (C=O) groups is 1. The van der Waals surface area contributed by atoms with Crippen LogP contribution in [0.3, 0.4) is 0 Å². The van der Waals surface area contributed by atoms with Gasteiger partial charge in [0.05, 0.1) is 18.7 Å². The van der Waals surface area contributed by atoms with Gasteiger partial charge in [-0.1, -0.05) is 6.07 Å². The highest BCUT2D eigenvalue weighted by Crippen LogP contribution is 2.20. The minimum atomic E-state index is -1.00. The molecule has 0 amide bonds. The molecule has 6 nitrogen and oxygen atoms in total. The van der Waals surface area contributed by atoms with Crippen LogP contribution in [-0.4, -0.2) is 46.8 Å². The zero-order valence-corrected chi connectivity index (χ0v) is 9.74. The number of anilines is 1. The van der Waals surface area contributed by atoms with Crippen molar-refractivity contribution in [3.63, 3.8) is 0 Å². The van der Waals surface area contributed by atoms with Gasteiger partial charge in [0, 0.05) is 19.3 Å². The average Bonchev–Trinajstić information content (AvgIpc) is 2.79. The summed E-state index contributed by atoms with van der Waals surface area (Å²) < 4.78 is 7.11. The van der Waals surface area contributed by atoms with E-state index in [1.54, 1.807) is 6.07 Å². The SMILES string of the molecule is O=C(O)c1nc(N2CCOCC2)n2ccccc12. The third kappa shape index (κ3) is 1.70. The van der Waals surface area contributed by atoms with Crippen LogP contribution in [0.15, 0.2) is 24.4 Å². The van der Waals surface area contributed by atoms with E-state index in [0.717, 1.165) is 13.1 Å². The summed E-state index contributed by atoms with van der Waals surface area (Å²) in [5, 5.41) is 9.18. The van der Waals surface area contributed by atoms with Gasteiger partial charge in [-0.2, -0.15) is 0 Å². The molecule has 0 spiro atoms. The maximum absolute atomic E-state index is 11.2. The van der Waals surface area contributed by atoms with Gasteiger partial charge in [-0.25, -0.2) is 9.78 Å². The molecule has 0 radical (unpaired) electrons. The second-order valence-electron chi connectivity index (χ2n) is 4.12. The number of hydrogen-bond donors (Lipinski definition) is 1. The molecular formula is C12H13N3O3. The molecule has 2 aromatic heterocycles. The van der Waals surface area contributed by atoms with Crippen LogP contribution in [0.5, 0.6) is 0 Å². The van der Waals surface area contributed by atoms with Crippen LogP contribution in [0.4, 0.5) is 5.95 Å². The zero-order valence-electron chi connectivity index (χ0n) is 9.74. The maximum atomic E-state index is 11.2. The van der Waals surface area contributed by atoms with Gasteiger partial charge in [0.2, 0.25) is 5.95 Å². The predicted molar refractivity (Wildman–Crippen MR) is 65.2 cm³/mol. The Hall–Kier alpha value is -2.08. The van der Waals surface area contributed by atoms with E-state index in [-0.39, 0.29) is 5.69 Å². The highest BCUT2D eigenvalue weighted by molar-refractivity contribution is 5.94. The Morgan fingerprint density at radius 2 is 2.11 bits per heavy atom. The number of pyridine rings is 1. The van der Waals surface area contributed by atoms with Crippen molar-refractivity contribution in [1.29, 1.82) is 0 Å². The van der Waals surface area contributed by atoms with Crippen LogP contribution in [0.2, 0.25) is 0 Å². The second kappa shape index (κ2) is 4.30. The van der Waals surface area contributed by atoms with Crippen LogP contribution in [-0.2, 0) is 4.74 Å². The number of fused-ring (bicyclic) bond motifs is 1. The lowest BCUT2D eigenvalue weighted by Gasteiger charge is -2.26. The van der Waals surface area contributed by atoms with E-state index in [1.165, 1.54) is 0 Å². The van der Waals surface area contributed by atoms with Crippen LogP contribution in [0, 0.1) is 0 Å². The summed E-state index contributed by atoms with van der Waals surface area (Å²) in [6.07, 6.45) is 1.83. The molecule has 0 atom stereocenters. The van der Waals surface area contributed by atoms with Crippen molar-refractivity contribution in [2.45, 2.75) is 0 Å². The summed E-state index contributed by atoms with van der Waals surface area (Å²) in [6.45, 7) is 2.74. The molecule has 0 bridgehead atoms. The fraction of sp³-hybridized carbons (Fsp3) is 0.333. The van der Waals surface area contributed by atoms with Crippen molar-refractivity contribution in [3.8, 4) is 0 Å². The van der Waals surface area contributed by atoms with Gasteiger partial charge in [0.1, 0.15) is 0 Å². The first-order valence-corrected chi connectivity index (χ1v) is 5.80. The van der Waals surface area contributed by atoms with Crippen molar-refractivity contribution >= 4 is 17.4 Å². The number of ether oxygens (including phenoxy) is 1. The molecule has 0 unspecified atom stereocenters. The van der Waals surface area contributed by atoms with Crippen LogP contribution in [0.1, 0.15) is 10.5 Å². The van der Waals surface area contributed by atoms with Crippen molar-refractivity contribution in [3.05, 3.63) is 30.1 Å². The highest BCUT2D eigenvalue weighted by Gasteiger charge is 2.21. The van der Waals surface area contributed by atoms with E-state index in [2.05, 4.69) is 4.98 Å². The molecule has 1 N–H and O–H groups in total. The number of nitrogens with zero attached hydrogens (tertiary/aromatic N) is 3. The largest absolute Gasteiger partial charge is 0.476 e. The van der Waals surface area contributed by atoms with E-state index in [1.807, 2.05) is 27.6 Å². The average molecular weight is 247 g/mol. The lowest BCUT2D eigenvalue weighted by molar-refractivity contribution is 0.0693. The molecule has 3 heterocycles. The number of imidazole rings is 1. The molecule has 0 aromatic carbocycles. The summed E-state index contributed by atoms with van der Waals surface area (Å²) >= 11 is 0. The number of hydrogen-bond acceptors (Lipinski definition) is 4. The summed E-state index contributed by atoms with van der Waals surface area (Å²) in [4.78, 5) is 17.5. The molecule has 18 heavy (non-hydrogen) atoms. The van der Waals surface area contributed by atoms with Gasteiger partial charge < -0.3 is 14.7 Å². The highest BCUT2D eigenvalue weighted by atomic mass is 16.5. The predicted octanol–water partition coefficient (Wildman–Crippen LogP) is 0.869. The third-order valence-electron chi connectivity index (χ3n) is 3.03.